The molecule has 1 aliphatic rings. The average Bonchev–Trinajstić information content (AvgIpc) is 3.23. The number of aromatic nitrogens is 4. The lowest BCUT2D eigenvalue weighted by Gasteiger charge is -2.44. The van der Waals surface area contributed by atoms with Gasteiger partial charge >= 0.3 is 5.69 Å². The summed E-state index contributed by atoms with van der Waals surface area (Å²) in [5.74, 6) is 0.198. The highest BCUT2D eigenvalue weighted by molar-refractivity contribution is 6.30. The Balaban J connectivity index is 1.61. The van der Waals surface area contributed by atoms with Crippen LogP contribution in [0.4, 0.5) is 14.6 Å². The first-order valence-corrected chi connectivity index (χ1v) is 11.5. The van der Waals surface area contributed by atoms with Crippen molar-refractivity contribution in [2.24, 2.45) is 0 Å². The number of rotatable bonds is 5. The van der Waals surface area contributed by atoms with Gasteiger partial charge in [-0.3, -0.25) is 0 Å². The Kier molecular flexibility index (Phi) is 5.67. The predicted octanol–water partition coefficient (Wildman–Crippen LogP) is 5.30. The van der Waals surface area contributed by atoms with Crippen molar-refractivity contribution in [1.29, 1.82) is 0 Å². The van der Waals surface area contributed by atoms with E-state index in [2.05, 4.69) is 15.0 Å². The second kappa shape index (κ2) is 8.57. The molecular weight excluding hydrogens is 476 g/mol. The van der Waals surface area contributed by atoms with E-state index in [0.29, 0.717) is 23.5 Å². The van der Waals surface area contributed by atoms with Crippen LogP contribution in [0.1, 0.15) is 24.6 Å². The van der Waals surface area contributed by atoms with Gasteiger partial charge in [-0.1, -0.05) is 18.5 Å². The molecule has 0 radical (unpaired) electrons. The van der Waals surface area contributed by atoms with Crippen LogP contribution in [-0.4, -0.2) is 38.3 Å². The van der Waals surface area contributed by atoms with Crippen molar-refractivity contribution < 1.29 is 13.2 Å². The van der Waals surface area contributed by atoms with Gasteiger partial charge in [0.25, 0.3) is 0 Å². The number of anilines is 1. The molecule has 0 atom stereocenters. The van der Waals surface area contributed by atoms with Gasteiger partial charge in [0.05, 0.1) is 18.1 Å². The molecule has 1 saturated heterocycles. The smallest absolute Gasteiger partial charge is 0.355 e. The van der Waals surface area contributed by atoms with Crippen molar-refractivity contribution in [3.05, 3.63) is 75.2 Å². The van der Waals surface area contributed by atoms with E-state index >= 15 is 0 Å². The van der Waals surface area contributed by atoms with Crippen LogP contribution in [0.2, 0.25) is 5.02 Å². The summed E-state index contributed by atoms with van der Waals surface area (Å²) in [6.07, 6.45) is 1.90. The molecule has 180 valence electrons. The molecule has 0 unspecified atom stereocenters. The topological polar surface area (TPSA) is 77.0 Å². The van der Waals surface area contributed by atoms with Gasteiger partial charge in [0.15, 0.2) is 11.6 Å². The second-order valence-electron chi connectivity index (χ2n) is 8.77. The van der Waals surface area contributed by atoms with Crippen molar-refractivity contribution in [3.8, 4) is 28.7 Å². The zero-order valence-electron chi connectivity index (χ0n) is 19.3. The highest BCUT2D eigenvalue weighted by atomic mass is 35.5. The molecule has 0 spiro atoms. The van der Waals surface area contributed by atoms with Crippen molar-refractivity contribution in [3.63, 3.8) is 0 Å². The van der Waals surface area contributed by atoms with E-state index < -0.39 is 17.2 Å². The predicted molar refractivity (Wildman–Crippen MR) is 129 cm³/mol. The van der Waals surface area contributed by atoms with Crippen LogP contribution >= 0.6 is 11.6 Å². The summed E-state index contributed by atoms with van der Waals surface area (Å²) in [7, 11) is 0. The van der Waals surface area contributed by atoms with E-state index in [9.17, 15) is 13.6 Å². The maximum atomic E-state index is 14.3. The SMILES string of the molecule is CCC1(F)CN(c2ccn(-c3nc(-c4cc(C)cc(C)n4)oc3-c3ccc(Cl)c(F)c3)c(=O)n2)C1. The Bertz CT molecular complexity index is 1470. The minimum atomic E-state index is -1.26. The van der Waals surface area contributed by atoms with Crippen LogP contribution in [0.5, 0.6) is 0 Å². The van der Waals surface area contributed by atoms with Gasteiger partial charge in [-0.2, -0.15) is 9.97 Å². The Morgan fingerprint density at radius 2 is 1.89 bits per heavy atom. The molecule has 4 aromatic rings. The summed E-state index contributed by atoms with van der Waals surface area (Å²) in [5.41, 5.74) is 0.657. The normalized spacial score (nSPS) is 14.7. The molecule has 0 N–H and O–H groups in total. The zero-order chi connectivity index (χ0) is 24.9. The van der Waals surface area contributed by atoms with Crippen molar-refractivity contribution >= 4 is 17.4 Å². The summed E-state index contributed by atoms with van der Waals surface area (Å²) in [6.45, 7) is 5.93. The maximum Gasteiger partial charge on any atom is 0.355 e. The number of halogens is 3. The van der Waals surface area contributed by atoms with E-state index in [1.54, 1.807) is 30.0 Å². The van der Waals surface area contributed by atoms with E-state index in [4.69, 9.17) is 16.0 Å². The first-order chi connectivity index (χ1) is 16.7. The first kappa shape index (κ1) is 23.2. The third-order valence-electron chi connectivity index (χ3n) is 6.03. The number of hydrogen-bond donors (Lipinski definition) is 0. The Morgan fingerprint density at radius 1 is 1.11 bits per heavy atom. The zero-order valence-corrected chi connectivity index (χ0v) is 20.1. The third-order valence-corrected chi connectivity index (χ3v) is 6.34. The van der Waals surface area contributed by atoms with E-state index in [1.807, 2.05) is 19.9 Å². The van der Waals surface area contributed by atoms with Crippen LogP contribution < -0.4 is 10.6 Å². The summed E-state index contributed by atoms with van der Waals surface area (Å²) in [5, 5.41) is -0.0419. The van der Waals surface area contributed by atoms with Crippen molar-refractivity contribution in [2.75, 3.05) is 18.0 Å². The number of oxazole rings is 1. The molecule has 0 saturated carbocycles. The Morgan fingerprint density at radius 3 is 2.54 bits per heavy atom. The van der Waals surface area contributed by atoms with Gasteiger partial charge < -0.3 is 9.32 Å². The molecule has 0 amide bonds. The molecule has 5 rings (SSSR count). The Labute approximate surface area is 205 Å². The average molecular weight is 498 g/mol. The van der Waals surface area contributed by atoms with Crippen LogP contribution in [-0.2, 0) is 0 Å². The van der Waals surface area contributed by atoms with Crippen molar-refractivity contribution in [1.82, 2.24) is 19.5 Å². The summed E-state index contributed by atoms with van der Waals surface area (Å²) in [4.78, 5) is 27.9. The molecule has 0 bridgehead atoms. The standard InChI is InChI=1S/C25H22ClF2N5O2/c1-4-25(28)12-32(13-25)20-7-8-33(24(34)30-20)22-21(16-5-6-17(26)18(27)11-16)35-23(31-22)19-10-14(2)9-15(3)29-19/h5-11H,4,12-13H2,1-3H3. The molecule has 35 heavy (non-hydrogen) atoms. The number of alkyl halides is 1. The van der Waals surface area contributed by atoms with Crippen LogP contribution in [0.15, 0.2) is 51.8 Å². The first-order valence-electron chi connectivity index (χ1n) is 11.1. The number of benzene rings is 1. The summed E-state index contributed by atoms with van der Waals surface area (Å²) < 4.78 is 35.8. The van der Waals surface area contributed by atoms with Crippen LogP contribution in [0.25, 0.3) is 28.7 Å². The van der Waals surface area contributed by atoms with E-state index in [0.717, 1.165) is 11.3 Å². The van der Waals surface area contributed by atoms with Gasteiger partial charge in [-0.25, -0.2) is 23.1 Å². The molecule has 10 heteroatoms. The van der Waals surface area contributed by atoms with E-state index in [1.165, 1.54) is 22.9 Å². The molecule has 3 aromatic heterocycles. The van der Waals surface area contributed by atoms with Crippen molar-refractivity contribution in [2.45, 2.75) is 32.9 Å². The Hall–Kier alpha value is -3.59. The number of nitrogens with zero attached hydrogens (tertiary/aromatic N) is 5. The third kappa shape index (κ3) is 4.32. The minimum Gasteiger partial charge on any atom is -0.432 e. The fraction of sp³-hybridized carbons (Fsp3) is 0.280. The minimum absolute atomic E-state index is 0.0419. The molecule has 0 aliphatic carbocycles. The fourth-order valence-electron chi connectivity index (χ4n) is 4.12. The lowest BCUT2D eigenvalue weighted by molar-refractivity contribution is 0.115. The summed E-state index contributed by atoms with van der Waals surface area (Å²) >= 11 is 5.86. The molecular formula is C25H22ClF2N5O2. The van der Waals surface area contributed by atoms with Gasteiger partial charge in [0, 0.05) is 17.5 Å². The van der Waals surface area contributed by atoms with Gasteiger partial charge in [0.2, 0.25) is 5.89 Å². The van der Waals surface area contributed by atoms with Gasteiger partial charge in [-0.15, -0.1) is 0 Å². The maximum absolute atomic E-state index is 14.3. The lowest BCUT2D eigenvalue weighted by atomic mass is 9.93. The molecule has 1 aromatic carbocycles. The quantitative estimate of drug-likeness (QED) is 0.372. The second-order valence-corrected chi connectivity index (χ2v) is 9.18. The van der Waals surface area contributed by atoms with Crippen LogP contribution in [0.3, 0.4) is 0 Å². The number of pyridine rings is 1. The molecule has 7 nitrogen and oxygen atoms in total. The van der Waals surface area contributed by atoms with Crippen LogP contribution in [0, 0.1) is 19.7 Å². The molecule has 1 fully saturated rings. The largest absolute Gasteiger partial charge is 0.432 e. The number of aryl methyl sites for hydroxylation is 2. The fourth-order valence-corrected chi connectivity index (χ4v) is 4.23. The number of hydrogen-bond acceptors (Lipinski definition) is 6. The van der Waals surface area contributed by atoms with Gasteiger partial charge in [-0.05, 0) is 62.2 Å². The van der Waals surface area contributed by atoms with E-state index in [-0.39, 0.29) is 35.6 Å². The monoisotopic (exact) mass is 497 g/mol. The lowest BCUT2D eigenvalue weighted by Crippen LogP contribution is -2.59. The highest BCUT2D eigenvalue weighted by Gasteiger charge is 2.42. The molecule has 4 heterocycles. The molecule has 1 aliphatic heterocycles. The highest BCUT2D eigenvalue weighted by Crippen LogP contribution is 2.34. The van der Waals surface area contributed by atoms with Gasteiger partial charge in [0.1, 0.15) is 23.0 Å². The summed E-state index contributed by atoms with van der Waals surface area (Å²) in [6, 6.07) is 9.52.